The quantitative estimate of drug-likeness (QED) is 0.210. The minimum absolute atomic E-state index is 0.00942. The predicted molar refractivity (Wildman–Crippen MR) is 118 cm³/mol. The fraction of sp³-hybridized carbons (Fsp3) is 0.250. The van der Waals surface area contributed by atoms with Gasteiger partial charge in [0.1, 0.15) is 12.4 Å². The molecular formula is C24H17F10NOS. The molecule has 0 saturated carbocycles. The molecule has 0 radical (unpaired) electrons. The van der Waals surface area contributed by atoms with Gasteiger partial charge in [0, 0.05) is 28.8 Å². The lowest BCUT2D eigenvalue weighted by molar-refractivity contribution is -0.359. The summed E-state index contributed by atoms with van der Waals surface area (Å²) < 4.78 is 135. The van der Waals surface area contributed by atoms with Gasteiger partial charge in [0.15, 0.2) is 0 Å². The van der Waals surface area contributed by atoms with E-state index < -0.39 is 29.1 Å². The first-order chi connectivity index (χ1) is 17.1. The van der Waals surface area contributed by atoms with Gasteiger partial charge in [-0.25, -0.2) is 0 Å². The first-order valence-corrected chi connectivity index (χ1v) is 11.1. The Morgan fingerprint density at radius 1 is 0.703 bits per heavy atom. The van der Waals surface area contributed by atoms with Gasteiger partial charge in [0.2, 0.25) is 0 Å². The molecular weight excluding hydrogens is 540 g/mol. The number of hydrogen-bond acceptors (Lipinski definition) is 3. The Bertz CT molecular complexity index is 1210. The Morgan fingerprint density at radius 3 is 2.03 bits per heavy atom. The molecule has 0 aliphatic carbocycles. The zero-order valence-corrected chi connectivity index (χ0v) is 19.3. The van der Waals surface area contributed by atoms with Crippen LogP contribution >= 0.6 is 11.8 Å². The first kappa shape index (κ1) is 28.5. The van der Waals surface area contributed by atoms with Crippen LogP contribution < -0.4 is 10.1 Å². The van der Waals surface area contributed by atoms with Crippen molar-refractivity contribution in [2.24, 2.45) is 0 Å². The van der Waals surface area contributed by atoms with Gasteiger partial charge < -0.3 is 10.1 Å². The summed E-state index contributed by atoms with van der Waals surface area (Å²) in [6.45, 7) is -0.248. The molecule has 200 valence electrons. The lowest BCUT2D eigenvalue weighted by Crippen LogP contribution is -2.50. The first-order valence-electron chi connectivity index (χ1n) is 10.3. The number of thioether (sulfide) groups is 1. The van der Waals surface area contributed by atoms with E-state index in [0.29, 0.717) is 29.1 Å². The molecule has 3 aromatic rings. The topological polar surface area (TPSA) is 21.3 Å². The highest BCUT2D eigenvalue weighted by Crippen LogP contribution is 2.51. The second-order valence-electron chi connectivity index (χ2n) is 7.71. The standard InChI is InChI=1S/C24H17F10NOS/c25-21(26,22(27,28)23(29,30)31)17-6-1-4-15(10-17)13-35-18-7-3-8-19(12-18)36-14-16-5-2-9-20(11-16)37-24(32,33)34/h1-12,35H,13-14H2. The van der Waals surface area contributed by atoms with Crippen LogP contribution in [0.15, 0.2) is 77.7 Å². The van der Waals surface area contributed by atoms with Gasteiger partial charge in [-0.15, -0.1) is 0 Å². The van der Waals surface area contributed by atoms with Crippen LogP contribution in [0.1, 0.15) is 16.7 Å². The average Bonchev–Trinajstić information content (AvgIpc) is 2.80. The molecule has 0 bridgehead atoms. The third kappa shape index (κ3) is 7.24. The van der Waals surface area contributed by atoms with Crippen molar-refractivity contribution in [1.82, 2.24) is 0 Å². The number of benzene rings is 3. The van der Waals surface area contributed by atoms with E-state index in [4.69, 9.17) is 4.74 Å². The average molecular weight is 557 g/mol. The summed E-state index contributed by atoms with van der Waals surface area (Å²) in [6, 6.07) is 15.1. The van der Waals surface area contributed by atoms with E-state index in [2.05, 4.69) is 5.32 Å². The maximum absolute atomic E-state index is 14.0. The summed E-state index contributed by atoms with van der Waals surface area (Å²) in [4.78, 5) is -0.00942. The smallest absolute Gasteiger partial charge is 0.460 e. The van der Waals surface area contributed by atoms with Crippen molar-refractivity contribution in [2.75, 3.05) is 5.32 Å². The Hall–Kier alpha value is -3.09. The number of rotatable bonds is 9. The Kier molecular flexibility index (Phi) is 8.25. The molecule has 0 atom stereocenters. The Balaban J connectivity index is 1.65. The van der Waals surface area contributed by atoms with E-state index in [-0.39, 0.29) is 35.4 Å². The zero-order valence-electron chi connectivity index (χ0n) is 18.4. The molecule has 0 aromatic heterocycles. The molecule has 13 heteroatoms. The van der Waals surface area contributed by atoms with E-state index in [1.807, 2.05) is 0 Å². The second-order valence-corrected chi connectivity index (χ2v) is 8.85. The van der Waals surface area contributed by atoms with Crippen molar-refractivity contribution >= 4 is 17.4 Å². The maximum atomic E-state index is 14.0. The molecule has 0 heterocycles. The van der Waals surface area contributed by atoms with E-state index in [9.17, 15) is 43.9 Å². The van der Waals surface area contributed by atoms with Crippen LogP contribution in [-0.4, -0.2) is 17.6 Å². The molecule has 0 aliphatic heterocycles. The lowest BCUT2D eigenvalue weighted by Gasteiger charge is -2.28. The third-order valence-electron chi connectivity index (χ3n) is 4.91. The highest BCUT2D eigenvalue weighted by atomic mass is 32.2. The van der Waals surface area contributed by atoms with E-state index >= 15 is 0 Å². The van der Waals surface area contributed by atoms with Crippen LogP contribution in [0.4, 0.5) is 49.6 Å². The van der Waals surface area contributed by atoms with Gasteiger partial charge >= 0.3 is 23.5 Å². The molecule has 0 amide bonds. The highest BCUT2D eigenvalue weighted by molar-refractivity contribution is 8.00. The van der Waals surface area contributed by atoms with Gasteiger partial charge in [0.05, 0.1) is 0 Å². The summed E-state index contributed by atoms with van der Waals surface area (Å²) in [5.41, 5.74) is -5.04. The van der Waals surface area contributed by atoms with Crippen molar-refractivity contribution in [3.8, 4) is 5.75 Å². The van der Waals surface area contributed by atoms with Gasteiger partial charge in [0.25, 0.3) is 0 Å². The normalized spacial score (nSPS) is 12.9. The molecule has 0 unspecified atom stereocenters. The molecule has 0 fully saturated rings. The van der Waals surface area contributed by atoms with Crippen LogP contribution in [-0.2, 0) is 19.1 Å². The molecule has 1 N–H and O–H groups in total. The summed E-state index contributed by atoms with van der Waals surface area (Å²) in [7, 11) is 0. The molecule has 3 aromatic carbocycles. The fourth-order valence-electron chi connectivity index (χ4n) is 3.13. The number of ether oxygens (including phenoxy) is 1. The van der Waals surface area contributed by atoms with Crippen molar-refractivity contribution in [1.29, 1.82) is 0 Å². The molecule has 2 nitrogen and oxygen atoms in total. The summed E-state index contributed by atoms with van der Waals surface area (Å²) in [5, 5.41) is 2.82. The lowest BCUT2D eigenvalue weighted by atomic mass is 9.99. The van der Waals surface area contributed by atoms with E-state index in [0.717, 1.165) is 6.07 Å². The fourth-order valence-corrected chi connectivity index (χ4v) is 3.76. The highest BCUT2D eigenvalue weighted by Gasteiger charge is 2.73. The molecule has 37 heavy (non-hydrogen) atoms. The predicted octanol–water partition coefficient (Wildman–Crippen LogP) is 8.78. The van der Waals surface area contributed by atoms with Crippen LogP contribution in [0.3, 0.4) is 0 Å². The molecule has 0 saturated heterocycles. The van der Waals surface area contributed by atoms with Gasteiger partial charge in [-0.2, -0.15) is 43.9 Å². The number of hydrogen-bond donors (Lipinski definition) is 1. The van der Waals surface area contributed by atoms with Crippen molar-refractivity contribution in [2.45, 2.75) is 41.6 Å². The summed E-state index contributed by atoms with van der Waals surface area (Å²) in [5.74, 6) is -11.4. The summed E-state index contributed by atoms with van der Waals surface area (Å²) in [6.07, 6.45) is -6.44. The van der Waals surface area contributed by atoms with E-state index in [1.54, 1.807) is 24.3 Å². The van der Waals surface area contributed by atoms with Gasteiger partial charge in [-0.1, -0.05) is 36.4 Å². The summed E-state index contributed by atoms with van der Waals surface area (Å²) >= 11 is -0.261. The zero-order chi connectivity index (χ0) is 27.5. The van der Waals surface area contributed by atoms with Crippen LogP contribution in [0.25, 0.3) is 0 Å². The number of alkyl halides is 10. The second kappa shape index (κ2) is 10.7. The minimum Gasteiger partial charge on any atom is -0.489 e. The minimum atomic E-state index is -6.44. The van der Waals surface area contributed by atoms with Gasteiger partial charge in [-0.05, 0) is 53.2 Å². The van der Waals surface area contributed by atoms with Gasteiger partial charge in [-0.3, -0.25) is 0 Å². The SMILES string of the molecule is FC(F)(F)Sc1cccc(COc2cccc(NCc3cccc(C(F)(F)C(F)(F)C(F)(F)F)c3)c2)c1. The molecule has 3 rings (SSSR count). The Labute approximate surface area is 208 Å². The largest absolute Gasteiger partial charge is 0.489 e. The van der Waals surface area contributed by atoms with E-state index in [1.165, 1.54) is 30.3 Å². The third-order valence-corrected chi connectivity index (χ3v) is 5.63. The van der Waals surface area contributed by atoms with Crippen LogP contribution in [0.2, 0.25) is 0 Å². The van der Waals surface area contributed by atoms with Crippen molar-refractivity contribution in [3.63, 3.8) is 0 Å². The van der Waals surface area contributed by atoms with Crippen LogP contribution in [0.5, 0.6) is 5.75 Å². The van der Waals surface area contributed by atoms with Crippen molar-refractivity contribution in [3.05, 3.63) is 89.5 Å². The maximum Gasteiger partial charge on any atom is 0.460 e. The molecule has 0 aliphatic rings. The number of nitrogens with one attached hydrogen (secondary N) is 1. The monoisotopic (exact) mass is 557 g/mol. The van der Waals surface area contributed by atoms with Crippen molar-refractivity contribution < 1.29 is 48.6 Å². The van der Waals surface area contributed by atoms with Crippen LogP contribution in [0, 0.1) is 0 Å². The number of anilines is 1. The molecule has 0 spiro atoms. The Morgan fingerprint density at radius 2 is 1.35 bits per heavy atom. The number of halogens is 10.